The summed E-state index contributed by atoms with van der Waals surface area (Å²) in [5, 5.41) is 0. The maximum Gasteiger partial charge on any atom is 0.242 e. The Labute approximate surface area is 126 Å². The van der Waals surface area contributed by atoms with Gasteiger partial charge in [-0.05, 0) is 37.3 Å². The maximum atomic E-state index is 12.4. The van der Waals surface area contributed by atoms with Gasteiger partial charge in [0, 0.05) is 25.7 Å². The number of carbonyl (C=O) groups excluding carboxylic acids is 2. The second-order valence-corrected chi connectivity index (χ2v) is 5.95. The van der Waals surface area contributed by atoms with Crippen molar-refractivity contribution in [2.24, 2.45) is 5.92 Å². The monoisotopic (exact) mass is 288 g/mol. The molecule has 1 saturated heterocycles. The normalized spacial score (nSPS) is 15.9. The van der Waals surface area contributed by atoms with Crippen LogP contribution in [0.3, 0.4) is 0 Å². The molecule has 1 aromatic carbocycles. The number of hydrogen-bond donors (Lipinski definition) is 0. The minimum atomic E-state index is -0.0944. The third-order valence-corrected chi connectivity index (χ3v) is 4.22. The minimum absolute atomic E-state index is 0.0420. The summed E-state index contributed by atoms with van der Waals surface area (Å²) < 4.78 is 0. The van der Waals surface area contributed by atoms with Crippen molar-refractivity contribution < 1.29 is 9.59 Å². The van der Waals surface area contributed by atoms with Gasteiger partial charge in [0.05, 0.1) is 0 Å². The van der Waals surface area contributed by atoms with Crippen molar-refractivity contribution in [1.29, 1.82) is 0 Å². The van der Waals surface area contributed by atoms with Crippen molar-refractivity contribution in [3.63, 3.8) is 0 Å². The van der Waals surface area contributed by atoms with Gasteiger partial charge in [-0.25, -0.2) is 0 Å². The Bertz CT molecular complexity index is 519. The molecule has 1 aliphatic rings. The van der Waals surface area contributed by atoms with Crippen LogP contribution < -0.4 is 4.90 Å². The summed E-state index contributed by atoms with van der Waals surface area (Å²) >= 11 is 0. The molecule has 4 heteroatoms. The number of para-hydroxylation sites is 1. The molecule has 0 unspecified atom stereocenters. The van der Waals surface area contributed by atoms with E-state index in [1.54, 1.807) is 4.90 Å². The van der Waals surface area contributed by atoms with Crippen LogP contribution in [-0.2, 0) is 9.59 Å². The first-order valence-electron chi connectivity index (χ1n) is 7.60. The van der Waals surface area contributed by atoms with Crippen molar-refractivity contribution in [1.82, 2.24) is 4.90 Å². The third kappa shape index (κ3) is 3.84. The molecule has 2 amide bonds. The number of carbonyl (C=O) groups is 2. The number of benzene rings is 1. The largest absolute Gasteiger partial charge is 0.341 e. The fraction of sp³-hybridized carbons (Fsp3) is 0.529. The van der Waals surface area contributed by atoms with E-state index in [1.165, 1.54) is 6.92 Å². The Hall–Kier alpha value is -1.84. The van der Waals surface area contributed by atoms with Crippen LogP contribution >= 0.6 is 0 Å². The number of amides is 2. The molecule has 0 aliphatic carbocycles. The quantitative estimate of drug-likeness (QED) is 0.858. The number of nitrogens with zero attached hydrogens (tertiary/aromatic N) is 2. The standard InChI is InChI=1S/C17H24N2O2/c1-13-8-10-18(11-9-13)17(21)12-19(15(3)20)16-7-5-4-6-14(16)2/h4-7,13H,8-12H2,1-3H3. The van der Waals surface area contributed by atoms with Crippen LogP contribution in [-0.4, -0.2) is 36.3 Å². The van der Waals surface area contributed by atoms with E-state index in [2.05, 4.69) is 6.92 Å². The van der Waals surface area contributed by atoms with Crippen LogP contribution in [0.15, 0.2) is 24.3 Å². The molecule has 0 bridgehead atoms. The highest BCUT2D eigenvalue weighted by atomic mass is 16.2. The van der Waals surface area contributed by atoms with Crippen LogP contribution in [0.5, 0.6) is 0 Å². The molecule has 1 heterocycles. The first-order chi connectivity index (χ1) is 9.99. The summed E-state index contributed by atoms with van der Waals surface area (Å²) in [7, 11) is 0. The Balaban J connectivity index is 2.08. The van der Waals surface area contributed by atoms with Crippen LogP contribution in [0.4, 0.5) is 5.69 Å². The lowest BCUT2D eigenvalue weighted by Gasteiger charge is -2.32. The van der Waals surface area contributed by atoms with Crippen molar-refractivity contribution in [3.05, 3.63) is 29.8 Å². The lowest BCUT2D eigenvalue weighted by atomic mass is 9.99. The molecule has 1 aliphatic heterocycles. The molecule has 0 aromatic heterocycles. The van der Waals surface area contributed by atoms with E-state index in [9.17, 15) is 9.59 Å². The van der Waals surface area contributed by atoms with Gasteiger partial charge in [-0.2, -0.15) is 0 Å². The van der Waals surface area contributed by atoms with E-state index in [0.29, 0.717) is 5.92 Å². The molecule has 0 spiro atoms. The van der Waals surface area contributed by atoms with Gasteiger partial charge in [0.15, 0.2) is 0 Å². The number of rotatable bonds is 3. The summed E-state index contributed by atoms with van der Waals surface area (Å²) in [4.78, 5) is 27.8. The van der Waals surface area contributed by atoms with Gasteiger partial charge >= 0.3 is 0 Å². The Morgan fingerprint density at radius 1 is 1.24 bits per heavy atom. The van der Waals surface area contributed by atoms with Crippen molar-refractivity contribution >= 4 is 17.5 Å². The SMILES string of the molecule is CC(=O)N(CC(=O)N1CCC(C)CC1)c1ccccc1C. The molecule has 0 radical (unpaired) electrons. The molecular weight excluding hydrogens is 264 g/mol. The van der Waals surface area contributed by atoms with E-state index >= 15 is 0 Å². The van der Waals surface area contributed by atoms with E-state index in [0.717, 1.165) is 37.2 Å². The van der Waals surface area contributed by atoms with Gasteiger partial charge in [-0.1, -0.05) is 25.1 Å². The number of likely N-dealkylation sites (tertiary alicyclic amines) is 1. The maximum absolute atomic E-state index is 12.4. The summed E-state index contributed by atoms with van der Waals surface area (Å²) in [5.41, 5.74) is 1.83. The van der Waals surface area contributed by atoms with E-state index < -0.39 is 0 Å². The lowest BCUT2D eigenvalue weighted by molar-refractivity contribution is -0.132. The van der Waals surface area contributed by atoms with E-state index in [1.807, 2.05) is 36.1 Å². The molecule has 2 rings (SSSR count). The second kappa shape index (κ2) is 6.74. The fourth-order valence-electron chi connectivity index (χ4n) is 2.73. The average Bonchev–Trinajstić information content (AvgIpc) is 2.46. The molecule has 21 heavy (non-hydrogen) atoms. The number of aryl methyl sites for hydroxylation is 1. The summed E-state index contributed by atoms with van der Waals surface area (Å²) in [6, 6.07) is 7.68. The first-order valence-corrected chi connectivity index (χ1v) is 7.60. The Morgan fingerprint density at radius 3 is 2.43 bits per heavy atom. The number of anilines is 1. The van der Waals surface area contributed by atoms with Crippen LogP contribution in [0.25, 0.3) is 0 Å². The predicted molar refractivity (Wildman–Crippen MR) is 84.2 cm³/mol. The second-order valence-electron chi connectivity index (χ2n) is 5.95. The highest BCUT2D eigenvalue weighted by molar-refractivity contribution is 5.98. The van der Waals surface area contributed by atoms with Gasteiger partial charge in [-0.3, -0.25) is 9.59 Å². The highest BCUT2D eigenvalue weighted by Gasteiger charge is 2.24. The van der Waals surface area contributed by atoms with Gasteiger partial charge in [0.25, 0.3) is 0 Å². The highest BCUT2D eigenvalue weighted by Crippen LogP contribution is 2.21. The molecule has 0 N–H and O–H groups in total. The average molecular weight is 288 g/mol. The smallest absolute Gasteiger partial charge is 0.242 e. The summed E-state index contributed by atoms with van der Waals surface area (Å²) in [6.45, 7) is 7.43. The molecule has 0 atom stereocenters. The zero-order valence-electron chi connectivity index (χ0n) is 13.1. The van der Waals surface area contributed by atoms with Crippen LogP contribution in [0.2, 0.25) is 0 Å². The van der Waals surface area contributed by atoms with Gasteiger partial charge in [-0.15, -0.1) is 0 Å². The molecule has 1 fully saturated rings. The van der Waals surface area contributed by atoms with Gasteiger partial charge < -0.3 is 9.80 Å². The van der Waals surface area contributed by atoms with E-state index in [-0.39, 0.29) is 18.4 Å². The molecular formula is C17H24N2O2. The van der Waals surface area contributed by atoms with Gasteiger partial charge in [0.1, 0.15) is 6.54 Å². The lowest BCUT2D eigenvalue weighted by Crippen LogP contribution is -2.45. The zero-order valence-corrected chi connectivity index (χ0v) is 13.1. The molecule has 114 valence electrons. The van der Waals surface area contributed by atoms with E-state index in [4.69, 9.17) is 0 Å². The third-order valence-electron chi connectivity index (χ3n) is 4.22. The van der Waals surface area contributed by atoms with Crippen molar-refractivity contribution in [3.8, 4) is 0 Å². The minimum Gasteiger partial charge on any atom is -0.341 e. The topological polar surface area (TPSA) is 40.6 Å². The zero-order chi connectivity index (χ0) is 15.4. The van der Waals surface area contributed by atoms with Crippen LogP contribution in [0.1, 0.15) is 32.3 Å². The fourth-order valence-corrected chi connectivity index (χ4v) is 2.73. The van der Waals surface area contributed by atoms with Gasteiger partial charge in [0.2, 0.25) is 11.8 Å². The Morgan fingerprint density at radius 2 is 1.86 bits per heavy atom. The molecule has 4 nitrogen and oxygen atoms in total. The summed E-state index contributed by atoms with van der Waals surface area (Å²) in [6.07, 6.45) is 2.10. The van der Waals surface area contributed by atoms with Crippen molar-refractivity contribution in [2.45, 2.75) is 33.6 Å². The van der Waals surface area contributed by atoms with Crippen molar-refractivity contribution in [2.75, 3.05) is 24.5 Å². The number of hydrogen-bond acceptors (Lipinski definition) is 2. The Kier molecular flexibility index (Phi) is 4.99. The first kappa shape index (κ1) is 15.5. The summed E-state index contributed by atoms with van der Waals surface area (Å²) in [5.74, 6) is 0.637. The molecule has 1 aromatic rings. The number of piperidine rings is 1. The predicted octanol–water partition coefficient (Wildman–Crippen LogP) is 2.61. The molecule has 0 saturated carbocycles. The van der Waals surface area contributed by atoms with Crippen LogP contribution in [0, 0.1) is 12.8 Å².